The van der Waals surface area contributed by atoms with Gasteiger partial charge in [0.2, 0.25) is 0 Å². The van der Waals surface area contributed by atoms with Crippen LogP contribution in [0.25, 0.3) is 11.1 Å². The number of hydrogen-bond donors (Lipinski definition) is 2. The Morgan fingerprint density at radius 2 is 1.26 bits per heavy atom. The molecule has 0 aliphatic carbocycles. The standard InChI is InChI=1S/C25H21ClO5/c26-22-13-11-18(12-14-22)17-7-9-19(10-8-17)23(27)15-21(25(30)31)6-3-16-1-4-20(5-2-16)24(28)29/h1-2,4-5,7-14,21H,3,6,15H2,(H,28,29)(H,30,31). The van der Waals surface area contributed by atoms with Crippen molar-refractivity contribution < 1.29 is 24.6 Å². The maximum atomic E-state index is 12.6. The normalized spacial score (nSPS) is 11.6. The smallest absolute Gasteiger partial charge is 0.335 e. The van der Waals surface area contributed by atoms with Crippen molar-refractivity contribution in [1.29, 1.82) is 0 Å². The van der Waals surface area contributed by atoms with Crippen LogP contribution in [-0.2, 0) is 11.2 Å². The summed E-state index contributed by atoms with van der Waals surface area (Å²) in [5.41, 5.74) is 3.38. The number of carbonyl (C=O) groups is 3. The van der Waals surface area contributed by atoms with Gasteiger partial charge in [-0.05, 0) is 53.8 Å². The number of carboxylic acids is 2. The van der Waals surface area contributed by atoms with Crippen molar-refractivity contribution in [3.05, 3.63) is 94.5 Å². The Morgan fingerprint density at radius 1 is 0.742 bits per heavy atom. The summed E-state index contributed by atoms with van der Waals surface area (Å²) in [4.78, 5) is 35.2. The van der Waals surface area contributed by atoms with Gasteiger partial charge in [-0.2, -0.15) is 0 Å². The van der Waals surface area contributed by atoms with E-state index in [9.17, 15) is 19.5 Å². The van der Waals surface area contributed by atoms with Crippen LogP contribution < -0.4 is 0 Å². The molecule has 0 spiro atoms. The number of benzene rings is 3. The minimum absolute atomic E-state index is 0.0944. The summed E-state index contributed by atoms with van der Waals surface area (Å²) in [5, 5.41) is 19.1. The maximum Gasteiger partial charge on any atom is 0.335 e. The lowest BCUT2D eigenvalue weighted by Gasteiger charge is -2.12. The molecule has 0 bridgehead atoms. The van der Waals surface area contributed by atoms with Gasteiger partial charge in [0, 0.05) is 17.0 Å². The molecular weight excluding hydrogens is 416 g/mol. The summed E-state index contributed by atoms with van der Waals surface area (Å²) in [6, 6.07) is 20.7. The number of carbonyl (C=O) groups excluding carboxylic acids is 1. The lowest BCUT2D eigenvalue weighted by molar-refractivity contribution is -0.141. The van der Waals surface area contributed by atoms with Crippen LogP contribution in [0.1, 0.15) is 39.1 Å². The number of ketones is 1. The molecular formula is C25H21ClO5. The highest BCUT2D eigenvalue weighted by Crippen LogP contribution is 2.23. The molecule has 5 nitrogen and oxygen atoms in total. The Bertz CT molecular complexity index is 1070. The van der Waals surface area contributed by atoms with E-state index in [0.29, 0.717) is 17.0 Å². The van der Waals surface area contributed by atoms with Crippen LogP contribution in [0.15, 0.2) is 72.8 Å². The number of aliphatic carboxylic acids is 1. The zero-order valence-corrected chi connectivity index (χ0v) is 17.4. The number of aromatic carboxylic acids is 1. The van der Waals surface area contributed by atoms with E-state index in [0.717, 1.165) is 16.7 Å². The van der Waals surface area contributed by atoms with E-state index in [1.807, 2.05) is 24.3 Å². The zero-order valence-electron chi connectivity index (χ0n) is 16.6. The van der Waals surface area contributed by atoms with Gasteiger partial charge in [0.1, 0.15) is 0 Å². The molecule has 0 amide bonds. The highest BCUT2D eigenvalue weighted by molar-refractivity contribution is 6.30. The maximum absolute atomic E-state index is 12.6. The number of hydrogen-bond acceptors (Lipinski definition) is 3. The highest BCUT2D eigenvalue weighted by Gasteiger charge is 2.22. The summed E-state index contributed by atoms with van der Waals surface area (Å²) in [6.45, 7) is 0. The number of halogens is 1. The average Bonchev–Trinajstić information content (AvgIpc) is 2.77. The lowest BCUT2D eigenvalue weighted by Crippen LogP contribution is -2.19. The monoisotopic (exact) mass is 436 g/mol. The lowest BCUT2D eigenvalue weighted by atomic mass is 9.92. The zero-order chi connectivity index (χ0) is 22.4. The Labute approximate surface area is 184 Å². The molecule has 2 N–H and O–H groups in total. The summed E-state index contributed by atoms with van der Waals surface area (Å²) < 4.78 is 0. The Balaban J connectivity index is 1.62. The highest BCUT2D eigenvalue weighted by atomic mass is 35.5. The van der Waals surface area contributed by atoms with E-state index in [1.54, 1.807) is 36.4 Å². The summed E-state index contributed by atoms with van der Waals surface area (Å²) in [7, 11) is 0. The molecule has 31 heavy (non-hydrogen) atoms. The topological polar surface area (TPSA) is 91.7 Å². The molecule has 1 atom stereocenters. The second-order valence-electron chi connectivity index (χ2n) is 7.29. The third-order valence-corrected chi connectivity index (χ3v) is 5.40. The Kier molecular flexibility index (Phi) is 7.21. The Morgan fingerprint density at radius 3 is 1.77 bits per heavy atom. The minimum atomic E-state index is -1.02. The number of carboxylic acid groups (broad SMARTS) is 2. The van der Waals surface area contributed by atoms with Crippen LogP contribution >= 0.6 is 11.6 Å². The van der Waals surface area contributed by atoms with Gasteiger partial charge >= 0.3 is 11.9 Å². The predicted octanol–water partition coefficient (Wildman–Crippen LogP) is 5.61. The molecule has 0 aromatic heterocycles. The van der Waals surface area contributed by atoms with Gasteiger partial charge in [0.05, 0.1) is 11.5 Å². The quantitative estimate of drug-likeness (QED) is 0.425. The van der Waals surface area contributed by atoms with Crippen LogP contribution in [0, 0.1) is 5.92 Å². The number of rotatable bonds is 9. The van der Waals surface area contributed by atoms with E-state index in [-0.39, 0.29) is 24.2 Å². The summed E-state index contributed by atoms with van der Waals surface area (Å²) in [6.07, 6.45) is 0.638. The molecule has 3 rings (SSSR count). The van der Waals surface area contributed by atoms with E-state index in [4.69, 9.17) is 16.7 Å². The van der Waals surface area contributed by atoms with Gasteiger partial charge in [-0.25, -0.2) is 4.79 Å². The molecule has 6 heteroatoms. The second-order valence-corrected chi connectivity index (χ2v) is 7.72. The van der Waals surface area contributed by atoms with Crippen molar-refractivity contribution >= 4 is 29.3 Å². The van der Waals surface area contributed by atoms with Crippen molar-refractivity contribution in [2.45, 2.75) is 19.3 Å². The van der Waals surface area contributed by atoms with Crippen LogP contribution in [-0.4, -0.2) is 27.9 Å². The van der Waals surface area contributed by atoms with Gasteiger partial charge in [0.25, 0.3) is 0 Å². The molecule has 0 aliphatic heterocycles. The van der Waals surface area contributed by atoms with E-state index in [1.165, 1.54) is 12.1 Å². The van der Waals surface area contributed by atoms with Gasteiger partial charge in [-0.3, -0.25) is 9.59 Å². The molecule has 0 saturated heterocycles. The van der Waals surface area contributed by atoms with Gasteiger partial charge in [0.15, 0.2) is 5.78 Å². The van der Waals surface area contributed by atoms with Crippen LogP contribution in [0.3, 0.4) is 0 Å². The molecule has 3 aromatic rings. The van der Waals surface area contributed by atoms with Crippen LogP contribution in [0.5, 0.6) is 0 Å². The van der Waals surface area contributed by atoms with E-state index >= 15 is 0 Å². The van der Waals surface area contributed by atoms with Crippen molar-refractivity contribution in [1.82, 2.24) is 0 Å². The molecule has 1 unspecified atom stereocenters. The molecule has 158 valence electrons. The van der Waals surface area contributed by atoms with Gasteiger partial charge in [-0.15, -0.1) is 0 Å². The summed E-state index contributed by atoms with van der Waals surface area (Å²) >= 11 is 5.91. The summed E-state index contributed by atoms with van der Waals surface area (Å²) in [5.74, 6) is -3.07. The molecule has 3 aromatic carbocycles. The first-order valence-corrected chi connectivity index (χ1v) is 10.2. The van der Waals surface area contributed by atoms with Crippen LogP contribution in [0.4, 0.5) is 0 Å². The molecule has 0 aliphatic rings. The SMILES string of the molecule is O=C(O)c1ccc(CCC(CC(=O)c2ccc(-c3ccc(Cl)cc3)cc2)C(=O)O)cc1. The first kappa shape index (κ1) is 22.2. The average molecular weight is 437 g/mol. The number of aryl methyl sites for hydroxylation is 1. The van der Waals surface area contributed by atoms with Crippen molar-refractivity contribution in [2.24, 2.45) is 5.92 Å². The van der Waals surface area contributed by atoms with Gasteiger partial charge < -0.3 is 10.2 Å². The molecule has 0 fully saturated rings. The fourth-order valence-electron chi connectivity index (χ4n) is 3.30. The van der Waals surface area contributed by atoms with Gasteiger partial charge in [-0.1, -0.05) is 60.1 Å². The Hall–Kier alpha value is -3.44. The largest absolute Gasteiger partial charge is 0.481 e. The minimum Gasteiger partial charge on any atom is -0.481 e. The van der Waals surface area contributed by atoms with Crippen LogP contribution in [0.2, 0.25) is 5.02 Å². The van der Waals surface area contributed by atoms with Crippen molar-refractivity contribution in [3.63, 3.8) is 0 Å². The first-order chi connectivity index (χ1) is 14.8. The number of Topliss-reactive ketones (excluding diaryl/α,β-unsaturated/α-hetero) is 1. The van der Waals surface area contributed by atoms with E-state index in [2.05, 4.69) is 0 Å². The van der Waals surface area contributed by atoms with Crippen molar-refractivity contribution in [2.75, 3.05) is 0 Å². The molecule has 0 heterocycles. The molecule has 0 saturated carbocycles. The third kappa shape index (κ3) is 6.03. The third-order valence-electron chi connectivity index (χ3n) is 5.15. The predicted molar refractivity (Wildman–Crippen MR) is 119 cm³/mol. The fourth-order valence-corrected chi connectivity index (χ4v) is 3.43. The first-order valence-electron chi connectivity index (χ1n) is 9.77. The molecule has 0 radical (unpaired) electrons. The second kappa shape index (κ2) is 10.0. The van der Waals surface area contributed by atoms with E-state index < -0.39 is 17.9 Å². The fraction of sp³-hybridized carbons (Fsp3) is 0.160. The van der Waals surface area contributed by atoms with Crippen molar-refractivity contribution in [3.8, 4) is 11.1 Å².